The van der Waals surface area contributed by atoms with E-state index in [9.17, 15) is 4.79 Å². The summed E-state index contributed by atoms with van der Waals surface area (Å²) in [5.74, 6) is 0.308. The Morgan fingerprint density at radius 1 is 1.15 bits per heavy atom. The average molecular weight is 352 g/mol. The molecule has 5 heteroatoms. The summed E-state index contributed by atoms with van der Waals surface area (Å²) in [6.45, 7) is 3.78. The summed E-state index contributed by atoms with van der Waals surface area (Å²) in [6.07, 6.45) is 9.80. The second-order valence-corrected chi connectivity index (χ2v) is 7.54. The van der Waals surface area contributed by atoms with Gasteiger partial charge in [0.15, 0.2) is 0 Å². The SMILES string of the molecule is O=C(CCCc1cn[nH]c1)N1CCN(C2CCc3ccccc3C2)CC1. The Morgan fingerprint density at radius 2 is 1.96 bits per heavy atom. The maximum absolute atomic E-state index is 12.5. The molecule has 1 N–H and O–H groups in total. The number of aromatic amines is 1. The van der Waals surface area contributed by atoms with E-state index in [1.807, 2.05) is 12.4 Å². The van der Waals surface area contributed by atoms with Gasteiger partial charge in [0.1, 0.15) is 0 Å². The van der Waals surface area contributed by atoms with Gasteiger partial charge in [0, 0.05) is 44.8 Å². The monoisotopic (exact) mass is 352 g/mol. The number of amides is 1. The van der Waals surface area contributed by atoms with E-state index < -0.39 is 0 Å². The van der Waals surface area contributed by atoms with Gasteiger partial charge in [-0.15, -0.1) is 0 Å². The fourth-order valence-electron chi connectivity index (χ4n) is 4.34. The second kappa shape index (κ2) is 8.04. The quantitative estimate of drug-likeness (QED) is 0.899. The third kappa shape index (κ3) is 3.98. The van der Waals surface area contributed by atoms with E-state index in [4.69, 9.17) is 0 Å². The van der Waals surface area contributed by atoms with Gasteiger partial charge in [0.25, 0.3) is 0 Å². The predicted octanol–water partition coefficient (Wildman–Crippen LogP) is 2.43. The molecule has 5 nitrogen and oxygen atoms in total. The minimum Gasteiger partial charge on any atom is -0.340 e. The van der Waals surface area contributed by atoms with Gasteiger partial charge in [-0.2, -0.15) is 5.10 Å². The predicted molar refractivity (Wildman–Crippen MR) is 102 cm³/mol. The van der Waals surface area contributed by atoms with Crippen molar-refractivity contribution in [3.05, 3.63) is 53.3 Å². The fourth-order valence-corrected chi connectivity index (χ4v) is 4.34. The van der Waals surface area contributed by atoms with Gasteiger partial charge in [-0.05, 0) is 48.8 Å². The maximum Gasteiger partial charge on any atom is 0.222 e. The first kappa shape index (κ1) is 17.3. The number of hydrogen-bond acceptors (Lipinski definition) is 3. The summed E-state index contributed by atoms with van der Waals surface area (Å²) in [5.41, 5.74) is 4.22. The van der Waals surface area contributed by atoms with Crippen LogP contribution in [0.25, 0.3) is 0 Å². The first-order valence-corrected chi connectivity index (χ1v) is 9.86. The van der Waals surface area contributed by atoms with Crippen LogP contribution in [-0.2, 0) is 24.1 Å². The number of rotatable bonds is 5. The molecular formula is C21H28N4O. The molecule has 0 radical (unpaired) electrons. The topological polar surface area (TPSA) is 52.2 Å². The second-order valence-electron chi connectivity index (χ2n) is 7.54. The van der Waals surface area contributed by atoms with E-state index in [1.54, 1.807) is 0 Å². The van der Waals surface area contributed by atoms with Gasteiger partial charge in [0.2, 0.25) is 5.91 Å². The van der Waals surface area contributed by atoms with Crippen molar-refractivity contribution in [2.45, 2.75) is 44.6 Å². The Labute approximate surface area is 155 Å². The van der Waals surface area contributed by atoms with E-state index in [0.717, 1.165) is 45.4 Å². The highest BCUT2D eigenvalue weighted by Gasteiger charge is 2.28. The number of aromatic nitrogens is 2. The highest BCUT2D eigenvalue weighted by Crippen LogP contribution is 2.25. The zero-order chi connectivity index (χ0) is 17.8. The molecule has 4 rings (SSSR count). The number of fused-ring (bicyclic) bond motifs is 1. The van der Waals surface area contributed by atoms with Crippen molar-refractivity contribution in [1.29, 1.82) is 0 Å². The molecule has 1 atom stereocenters. The van der Waals surface area contributed by atoms with Gasteiger partial charge >= 0.3 is 0 Å². The molecule has 1 saturated heterocycles. The molecule has 138 valence electrons. The van der Waals surface area contributed by atoms with Crippen LogP contribution < -0.4 is 0 Å². The Bertz CT molecular complexity index is 719. The molecular weight excluding hydrogens is 324 g/mol. The Morgan fingerprint density at radius 3 is 2.73 bits per heavy atom. The first-order valence-electron chi connectivity index (χ1n) is 9.86. The third-order valence-corrected chi connectivity index (χ3v) is 5.92. The van der Waals surface area contributed by atoms with Crippen LogP contribution in [-0.4, -0.2) is 58.1 Å². The Kier molecular flexibility index (Phi) is 5.34. The van der Waals surface area contributed by atoms with Crippen molar-refractivity contribution in [3.63, 3.8) is 0 Å². The smallest absolute Gasteiger partial charge is 0.222 e. The van der Waals surface area contributed by atoms with Gasteiger partial charge in [-0.25, -0.2) is 0 Å². The van der Waals surface area contributed by atoms with E-state index in [0.29, 0.717) is 18.4 Å². The van der Waals surface area contributed by atoms with Crippen LogP contribution in [0.15, 0.2) is 36.7 Å². The molecule has 1 amide bonds. The third-order valence-electron chi connectivity index (χ3n) is 5.92. The van der Waals surface area contributed by atoms with Gasteiger partial charge in [-0.1, -0.05) is 24.3 Å². The molecule has 0 saturated carbocycles. The standard InChI is InChI=1S/C21H28N4O/c26-21(7-3-4-17-15-22-23-16-17)25-12-10-24(11-13-25)20-9-8-18-5-1-2-6-19(18)14-20/h1-2,5-6,15-16,20H,3-4,7-14H2,(H,22,23). The number of nitrogens with one attached hydrogen (secondary N) is 1. The summed E-state index contributed by atoms with van der Waals surface area (Å²) in [7, 11) is 0. The summed E-state index contributed by atoms with van der Waals surface area (Å²) in [4.78, 5) is 17.1. The molecule has 2 aromatic rings. The molecule has 1 unspecified atom stereocenters. The number of nitrogens with zero attached hydrogens (tertiary/aromatic N) is 3. The minimum absolute atomic E-state index is 0.308. The summed E-state index contributed by atoms with van der Waals surface area (Å²) in [6, 6.07) is 9.49. The van der Waals surface area contributed by atoms with E-state index >= 15 is 0 Å². The molecule has 0 bridgehead atoms. The summed E-state index contributed by atoms with van der Waals surface area (Å²) >= 11 is 0. The number of carbonyl (C=O) groups excluding carboxylic acids is 1. The van der Waals surface area contributed by atoms with E-state index in [1.165, 1.54) is 29.5 Å². The van der Waals surface area contributed by atoms with Crippen LogP contribution >= 0.6 is 0 Å². The normalized spacial score (nSPS) is 20.8. The van der Waals surface area contributed by atoms with Crippen LogP contribution in [0.5, 0.6) is 0 Å². The average Bonchev–Trinajstić information content (AvgIpc) is 3.21. The van der Waals surface area contributed by atoms with Crippen LogP contribution in [0.4, 0.5) is 0 Å². The van der Waals surface area contributed by atoms with Crippen molar-refractivity contribution < 1.29 is 4.79 Å². The molecule has 1 aliphatic heterocycles. The lowest BCUT2D eigenvalue weighted by Crippen LogP contribution is -2.53. The number of benzene rings is 1. The number of aryl methyl sites for hydroxylation is 2. The van der Waals surface area contributed by atoms with E-state index in [-0.39, 0.29) is 0 Å². The van der Waals surface area contributed by atoms with Gasteiger partial charge in [-0.3, -0.25) is 14.8 Å². The molecule has 26 heavy (non-hydrogen) atoms. The number of carbonyl (C=O) groups is 1. The number of hydrogen-bond donors (Lipinski definition) is 1. The Hall–Kier alpha value is -2.14. The maximum atomic E-state index is 12.5. The zero-order valence-electron chi connectivity index (χ0n) is 15.4. The zero-order valence-corrected chi connectivity index (χ0v) is 15.4. The van der Waals surface area contributed by atoms with Crippen molar-refractivity contribution in [2.24, 2.45) is 0 Å². The molecule has 2 heterocycles. The lowest BCUT2D eigenvalue weighted by molar-refractivity contribution is -0.133. The van der Waals surface area contributed by atoms with Crippen LogP contribution in [0, 0.1) is 0 Å². The number of H-pyrrole nitrogens is 1. The van der Waals surface area contributed by atoms with Crippen molar-refractivity contribution in [1.82, 2.24) is 20.0 Å². The molecule has 2 aliphatic rings. The van der Waals surface area contributed by atoms with Gasteiger partial charge < -0.3 is 4.90 Å². The van der Waals surface area contributed by atoms with E-state index in [2.05, 4.69) is 44.3 Å². The lowest BCUT2D eigenvalue weighted by Gasteiger charge is -2.41. The number of piperazine rings is 1. The lowest BCUT2D eigenvalue weighted by atomic mass is 9.87. The summed E-state index contributed by atoms with van der Waals surface area (Å²) < 4.78 is 0. The first-order chi connectivity index (χ1) is 12.8. The van der Waals surface area contributed by atoms with Crippen LogP contribution in [0.3, 0.4) is 0 Å². The minimum atomic E-state index is 0.308. The molecule has 1 aliphatic carbocycles. The van der Waals surface area contributed by atoms with Gasteiger partial charge in [0.05, 0.1) is 6.20 Å². The molecule has 0 spiro atoms. The summed E-state index contributed by atoms with van der Waals surface area (Å²) in [5, 5.41) is 6.77. The largest absolute Gasteiger partial charge is 0.340 e. The molecule has 1 aromatic carbocycles. The van der Waals surface area contributed by atoms with Crippen molar-refractivity contribution in [2.75, 3.05) is 26.2 Å². The molecule has 1 fully saturated rings. The fraction of sp³-hybridized carbons (Fsp3) is 0.524. The highest BCUT2D eigenvalue weighted by atomic mass is 16.2. The highest BCUT2D eigenvalue weighted by molar-refractivity contribution is 5.76. The van der Waals surface area contributed by atoms with Crippen molar-refractivity contribution in [3.8, 4) is 0 Å². The Balaban J connectivity index is 1.22. The van der Waals surface area contributed by atoms with Crippen molar-refractivity contribution >= 4 is 5.91 Å². The molecule has 1 aromatic heterocycles. The van der Waals surface area contributed by atoms with Crippen LogP contribution in [0.1, 0.15) is 36.0 Å². The van der Waals surface area contributed by atoms with Crippen LogP contribution in [0.2, 0.25) is 0 Å².